The van der Waals surface area contributed by atoms with E-state index in [1.165, 1.54) is 29.2 Å². The normalized spacial score (nSPS) is 11.6. The molecule has 54 heavy (non-hydrogen) atoms. The lowest BCUT2D eigenvalue weighted by Gasteiger charge is -2.12. The fraction of sp³-hybridized carbons (Fsp3) is 0.0816. The number of hydrogen-bond acceptors (Lipinski definition) is 4. The smallest absolute Gasteiger partial charge is 0.164 e. The van der Waals surface area contributed by atoms with Gasteiger partial charge in [0, 0.05) is 38.5 Å². The molecule has 0 aliphatic rings. The Kier molecular flexibility index (Phi) is 7.84. The van der Waals surface area contributed by atoms with Gasteiger partial charge in [-0.05, 0) is 72.0 Å². The second-order valence-corrected chi connectivity index (χ2v) is 13.9. The van der Waals surface area contributed by atoms with Crippen molar-refractivity contribution < 1.29 is 4.42 Å². The van der Waals surface area contributed by atoms with E-state index in [-0.39, 0.29) is 0 Å². The van der Waals surface area contributed by atoms with Crippen molar-refractivity contribution >= 4 is 43.7 Å². The van der Waals surface area contributed by atoms with Gasteiger partial charge in [-0.2, -0.15) is 0 Å². The Morgan fingerprint density at radius 2 is 1.11 bits per heavy atom. The first-order valence-electron chi connectivity index (χ1n) is 18.7. The third-order valence-corrected chi connectivity index (χ3v) is 10.4. The van der Waals surface area contributed by atoms with Crippen LogP contribution in [-0.4, -0.2) is 19.5 Å². The van der Waals surface area contributed by atoms with Gasteiger partial charge in [0.1, 0.15) is 11.2 Å². The fourth-order valence-corrected chi connectivity index (χ4v) is 7.75. The molecule has 0 bridgehead atoms. The summed E-state index contributed by atoms with van der Waals surface area (Å²) in [6.07, 6.45) is 3.43. The van der Waals surface area contributed by atoms with Crippen LogP contribution in [0, 0.1) is 0 Å². The average molecular weight is 697 g/mol. The Morgan fingerprint density at radius 1 is 0.481 bits per heavy atom. The second-order valence-electron chi connectivity index (χ2n) is 13.9. The highest BCUT2D eigenvalue weighted by Gasteiger charge is 2.19. The van der Waals surface area contributed by atoms with Crippen LogP contribution in [0.1, 0.15) is 25.3 Å². The van der Waals surface area contributed by atoms with Crippen molar-refractivity contribution in [2.45, 2.75) is 26.2 Å². The van der Waals surface area contributed by atoms with Crippen molar-refractivity contribution in [3.05, 3.63) is 169 Å². The predicted octanol–water partition coefficient (Wildman–Crippen LogP) is 12.9. The van der Waals surface area contributed by atoms with Crippen LogP contribution in [0.25, 0.3) is 94.7 Å². The molecule has 5 heteroatoms. The summed E-state index contributed by atoms with van der Waals surface area (Å²) < 4.78 is 8.75. The van der Waals surface area contributed by atoms with Crippen LogP contribution in [0.5, 0.6) is 0 Å². The summed E-state index contributed by atoms with van der Waals surface area (Å²) in [7, 11) is 0. The summed E-state index contributed by atoms with van der Waals surface area (Å²) in [6, 6.07) is 57.4. The molecule has 5 nitrogen and oxygen atoms in total. The monoisotopic (exact) mass is 696 g/mol. The number of nitrogens with zero attached hydrogens (tertiary/aromatic N) is 4. The van der Waals surface area contributed by atoms with E-state index in [0.29, 0.717) is 17.5 Å². The minimum absolute atomic E-state index is 0.642. The molecule has 10 rings (SSSR count). The van der Waals surface area contributed by atoms with E-state index in [9.17, 15) is 0 Å². The van der Waals surface area contributed by atoms with Crippen LogP contribution in [-0.2, 0) is 6.42 Å². The summed E-state index contributed by atoms with van der Waals surface area (Å²) in [5.74, 6) is 1.96. The summed E-state index contributed by atoms with van der Waals surface area (Å²) in [4.78, 5) is 15.1. The minimum Gasteiger partial charge on any atom is -0.456 e. The summed E-state index contributed by atoms with van der Waals surface area (Å²) >= 11 is 0. The van der Waals surface area contributed by atoms with Crippen molar-refractivity contribution in [1.29, 1.82) is 0 Å². The van der Waals surface area contributed by atoms with E-state index in [4.69, 9.17) is 19.4 Å². The maximum Gasteiger partial charge on any atom is 0.164 e. The van der Waals surface area contributed by atoms with E-state index in [0.717, 1.165) is 72.9 Å². The van der Waals surface area contributed by atoms with Crippen LogP contribution in [0.3, 0.4) is 0 Å². The van der Waals surface area contributed by atoms with Crippen molar-refractivity contribution in [2.75, 3.05) is 0 Å². The average Bonchev–Trinajstić information content (AvgIpc) is 3.79. The van der Waals surface area contributed by atoms with Crippen LogP contribution < -0.4 is 0 Å². The van der Waals surface area contributed by atoms with E-state index in [1.54, 1.807) is 0 Å². The number of aromatic nitrogens is 4. The van der Waals surface area contributed by atoms with Gasteiger partial charge in [-0.3, -0.25) is 0 Å². The molecule has 7 aromatic carbocycles. The van der Waals surface area contributed by atoms with Gasteiger partial charge >= 0.3 is 0 Å². The van der Waals surface area contributed by atoms with Gasteiger partial charge in [-0.1, -0.05) is 135 Å². The van der Waals surface area contributed by atoms with Gasteiger partial charge in [0.15, 0.2) is 17.5 Å². The zero-order chi connectivity index (χ0) is 36.0. The lowest BCUT2D eigenvalue weighted by molar-refractivity contribution is 0.669. The Balaban J connectivity index is 1.10. The molecule has 3 aromatic heterocycles. The molecule has 258 valence electrons. The van der Waals surface area contributed by atoms with Crippen LogP contribution in [0.2, 0.25) is 0 Å². The molecular formula is C49H36N4O. The molecule has 0 amide bonds. The molecule has 0 N–H and O–H groups in total. The van der Waals surface area contributed by atoms with Gasteiger partial charge in [-0.15, -0.1) is 0 Å². The summed E-state index contributed by atoms with van der Waals surface area (Å²) in [5.41, 5.74) is 11.5. The third kappa shape index (κ3) is 5.53. The number of furan rings is 1. The standard InChI is InChI=1S/C49H36N4O/c1-2-3-13-32-24-26-34(27-25-32)48-50-47(33-14-5-4-6-15-33)51-49(52-48)37-18-11-16-35(30-37)36-17-12-19-38(31-36)53-42-22-9-7-20-39(42)40-28-29-44-45(46(40)53)41-21-8-10-23-43(41)54-44/h4-12,14-31H,2-3,13H2,1H3. The fourth-order valence-electron chi connectivity index (χ4n) is 7.75. The molecule has 0 aliphatic carbocycles. The molecule has 0 radical (unpaired) electrons. The van der Waals surface area contributed by atoms with E-state index in [2.05, 4.69) is 133 Å². The number of unbranched alkanes of at least 4 members (excludes halogenated alkanes) is 1. The van der Waals surface area contributed by atoms with E-state index >= 15 is 0 Å². The highest BCUT2D eigenvalue weighted by molar-refractivity contribution is 6.24. The Bertz CT molecular complexity index is 2980. The van der Waals surface area contributed by atoms with E-state index < -0.39 is 0 Å². The number of aryl methyl sites for hydroxylation is 1. The van der Waals surface area contributed by atoms with Gasteiger partial charge in [-0.25, -0.2) is 15.0 Å². The van der Waals surface area contributed by atoms with Crippen LogP contribution in [0.15, 0.2) is 168 Å². The van der Waals surface area contributed by atoms with Crippen molar-refractivity contribution in [3.8, 4) is 51.0 Å². The van der Waals surface area contributed by atoms with Gasteiger partial charge in [0.2, 0.25) is 0 Å². The number of fused-ring (bicyclic) bond motifs is 7. The highest BCUT2D eigenvalue weighted by atomic mass is 16.3. The van der Waals surface area contributed by atoms with Crippen LogP contribution >= 0.6 is 0 Å². The Morgan fingerprint density at radius 3 is 1.91 bits per heavy atom. The SMILES string of the molecule is CCCCc1ccc(-c2nc(-c3ccccc3)nc(-c3cccc(-c4cccc(-n5c6ccccc6c6ccc7oc8ccccc8c7c65)c4)c3)n2)cc1. The number of benzene rings is 7. The predicted molar refractivity (Wildman–Crippen MR) is 222 cm³/mol. The van der Waals surface area contributed by atoms with Crippen molar-refractivity contribution in [1.82, 2.24) is 19.5 Å². The quantitative estimate of drug-likeness (QED) is 0.159. The Labute approximate surface area is 313 Å². The highest BCUT2D eigenvalue weighted by Crippen LogP contribution is 2.41. The third-order valence-electron chi connectivity index (χ3n) is 10.4. The number of para-hydroxylation sites is 2. The number of hydrogen-bond donors (Lipinski definition) is 0. The van der Waals surface area contributed by atoms with Crippen molar-refractivity contribution in [3.63, 3.8) is 0 Å². The van der Waals surface area contributed by atoms with E-state index in [1.807, 2.05) is 42.5 Å². The largest absolute Gasteiger partial charge is 0.456 e. The molecular weight excluding hydrogens is 661 g/mol. The topological polar surface area (TPSA) is 56.7 Å². The molecule has 3 heterocycles. The van der Waals surface area contributed by atoms with Gasteiger partial charge in [0.25, 0.3) is 0 Å². The van der Waals surface area contributed by atoms with Gasteiger partial charge in [0.05, 0.1) is 16.4 Å². The zero-order valence-electron chi connectivity index (χ0n) is 29.9. The summed E-state index contributed by atoms with van der Waals surface area (Å²) in [6.45, 7) is 2.23. The van der Waals surface area contributed by atoms with Crippen molar-refractivity contribution in [2.24, 2.45) is 0 Å². The molecule has 0 fully saturated rings. The lowest BCUT2D eigenvalue weighted by atomic mass is 10.0. The molecule has 0 saturated heterocycles. The van der Waals surface area contributed by atoms with Crippen LogP contribution in [0.4, 0.5) is 0 Å². The lowest BCUT2D eigenvalue weighted by Crippen LogP contribution is -2.00. The first kappa shape index (κ1) is 31.9. The minimum atomic E-state index is 0.642. The first-order valence-corrected chi connectivity index (χ1v) is 18.7. The van der Waals surface area contributed by atoms with Gasteiger partial charge < -0.3 is 8.98 Å². The first-order chi connectivity index (χ1) is 26.7. The maximum atomic E-state index is 6.36. The molecule has 0 atom stereocenters. The molecule has 0 spiro atoms. The second kappa shape index (κ2) is 13.3. The molecule has 0 aliphatic heterocycles. The molecule has 0 saturated carbocycles. The zero-order valence-corrected chi connectivity index (χ0v) is 29.9. The molecule has 0 unspecified atom stereocenters. The Hall–Kier alpha value is -6.85. The maximum absolute atomic E-state index is 6.36. The number of rotatable bonds is 8. The molecule has 10 aromatic rings. The summed E-state index contributed by atoms with van der Waals surface area (Å²) in [5, 5.41) is 4.65.